The summed E-state index contributed by atoms with van der Waals surface area (Å²) in [4.78, 5) is 0.991. The minimum absolute atomic E-state index is 0.135. The van der Waals surface area contributed by atoms with E-state index in [1.165, 1.54) is 10.3 Å². The van der Waals surface area contributed by atoms with Crippen molar-refractivity contribution in [1.82, 2.24) is 5.32 Å². The van der Waals surface area contributed by atoms with Crippen molar-refractivity contribution < 1.29 is 4.39 Å². The molecule has 0 aliphatic carbocycles. The second kappa shape index (κ2) is 6.36. The summed E-state index contributed by atoms with van der Waals surface area (Å²) < 4.78 is 15.1. The summed E-state index contributed by atoms with van der Waals surface area (Å²) in [5.41, 5.74) is 0.754. The Kier molecular flexibility index (Phi) is 4.80. The highest BCUT2D eigenvalue weighted by atomic mass is 32.2. The van der Waals surface area contributed by atoms with Crippen LogP contribution in [0.4, 0.5) is 4.39 Å². The van der Waals surface area contributed by atoms with E-state index in [9.17, 15) is 4.39 Å². The summed E-state index contributed by atoms with van der Waals surface area (Å²) in [6.07, 6.45) is 0. The van der Waals surface area contributed by atoms with Crippen molar-refractivity contribution in [3.05, 3.63) is 47.1 Å². The molecule has 4 heteroatoms. The van der Waals surface area contributed by atoms with Gasteiger partial charge in [-0.25, -0.2) is 4.39 Å². The van der Waals surface area contributed by atoms with Gasteiger partial charge < -0.3 is 5.32 Å². The molecule has 2 aromatic rings. The zero-order valence-electron chi connectivity index (χ0n) is 10.4. The minimum Gasteiger partial charge on any atom is -0.310 e. The maximum atomic E-state index is 13.9. The van der Waals surface area contributed by atoms with Crippen LogP contribution in [0.2, 0.25) is 0 Å². The van der Waals surface area contributed by atoms with Crippen LogP contribution in [0.25, 0.3) is 0 Å². The largest absolute Gasteiger partial charge is 0.310 e. The lowest BCUT2D eigenvalue weighted by Crippen LogP contribution is -2.22. The number of rotatable bonds is 5. The van der Waals surface area contributed by atoms with Crippen molar-refractivity contribution in [2.24, 2.45) is 0 Å². The lowest BCUT2D eigenvalue weighted by molar-refractivity contribution is 0.546. The average molecular weight is 281 g/mol. The van der Waals surface area contributed by atoms with Gasteiger partial charge in [0.25, 0.3) is 0 Å². The standard InChI is InChI=1S/C14H16FNS2/c1-10(2)16-9-11-12(15)5-3-6-13(11)18-14-7-4-8-17-14/h3-8,10,16H,9H2,1-2H3. The second-order valence-corrected chi connectivity index (χ2v) is 6.58. The molecule has 1 aromatic heterocycles. The molecule has 0 unspecified atom stereocenters. The van der Waals surface area contributed by atoms with Gasteiger partial charge in [0.15, 0.2) is 0 Å². The smallest absolute Gasteiger partial charge is 0.128 e. The van der Waals surface area contributed by atoms with Crippen LogP contribution in [0.5, 0.6) is 0 Å². The van der Waals surface area contributed by atoms with E-state index >= 15 is 0 Å². The highest BCUT2D eigenvalue weighted by Crippen LogP contribution is 2.34. The van der Waals surface area contributed by atoms with Gasteiger partial charge in [0, 0.05) is 23.0 Å². The van der Waals surface area contributed by atoms with Gasteiger partial charge in [0.1, 0.15) is 5.82 Å². The summed E-state index contributed by atoms with van der Waals surface area (Å²) >= 11 is 3.30. The molecule has 0 atom stereocenters. The fourth-order valence-corrected chi connectivity index (χ4v) is 3.42. The Bertz CT molecular complexity index is 495. The third-order valence-electron chi connectivity index (χ3n) is 2.47. The number of hydrogen-bond donors (Lipinski definition) is 1. The fraction of sp³-hybridized carbons (Fsp3) is 0.286. The van der Waals surface area contributed by atoms with E-state index in [-0.39, 0.29) is 5.82 Å². The van der Waals surface area contributed by atoms with Gasteiger partial charge in [-0.1, -0.05) is 37.7 Å². The van der Waals surface area contributed by atoms with Crippen molar-refractivity contribution >= 4 is 23.1 Å². The molecule has 96 valence electrons. The lowest BCUT2D eigenvalue weighted by atomic mass is 10.2. The zero-order chi connectivity index (χ0) is 13.0. The molecule has 0 radical (unpaired) electrons. The van der Waals surface area contributed by atoms with E-state index in [4.69, 9.17) is 0 Å². The molecule has 0 amide bonds. The number of thiophene rings is 1. The van der Waals surface area contributed by atoms with Crippen LogP contribution in [-0.2, 0) is 6.54 Å². The van der Waals surface area contributed by atoms with E-state index < -0.39 is 0 Å². The highest BCUT2D eigenvalue weighted by Gasteiger charge is 2.10. The van der Waals surface area contributed by atoms with Crippen molar-refractivity contribution in [3.8, 4) is 0 Å². The SMILES string of the molecule is CC(C)NCc1c(F)cccc1Sc1cccs1. The molecule has 0 bridgehead atoms. The summed E-state index contributed by atoms with van der Waals surface area (Å²) in [6.45, 7) is 4.69. The van der Waals surface area contributed by atoms with Crippen LogP contribution in [-0.4, -0.2) is 6.04 Å². The molecule has 0 saturated carbocycles. The van der Waals surface area contributed by atoms with Crippen molar-refractivity contribution in [1.29, 1.82) is 0 Å². The molecule has 18 heavy (non-hydrogen) atoms. The van der Waals surface area contributed by atoms with Gasteiger partial charge in [0.2, 0.25) is 0 Å². The van der Waals surface area contributed by atoms with Crippen LogP contribution < -0.4 is 5.32 Å². The van der Waals surface area contributed by atoms with E-state index in [1.54, 1.807) is 29.2 Å². The normalized spacial score (nSPS) is 11.1. The predicted octanol–water partition coefficient (Wildman–Crippen LogP) is 4.54. The monoisotopic (exact) mass is 281 g/mol. The van der Waals surface area contributed by atoms with Gasteiger partial charge in [-0.05, 0) is 23.6 Å². The molecular weight excluding hydrogens is 265 g/mol. The topological polar surface area (TPSA) is 12.0 Å². The maximum Gasteiger partial charge on any atom is 0.128 e. The lowest BCUT2D eigenvalue weighted by Gasteiger charge is -2.12. The average Bonchev–Trinajstić information content (AvgIpc) is 2.81. The van der Waals surface area contributed by atoms with Crippen LogP contribution in [0.15, 0.2) is 44.8 Å². The molecule has 0 aliphatic heterocycles. The van der Waals surface area contributed by atoms with Crippen molar-refractivity contribution in [3.63, 3.8) is 0 Å². The quantitative estimate of drug-likeness (QED) is 0.863. The fourth-order valence-electron chi connectivity index (χ4n) is 1.54. The summed E-state index contributed by atoms with van der Waals surface area (Å²) in [7, 11) is 0. The number of halogens is 1. The molecule has 0 saturated heterocycles. The Morgan fingerprint density at radius 1 is 1.28 bits per heavy atom. The number of benzene rings is 1. The molecule has 1 N–H and O–H groups in total. The number of nitrogens with one attached hydrogen (secondary N) is 1. The Morgan fingerprint density at radius 3 is 2.78 bits per heavy atom. The Balaban J connectivity index is 2.20. The van der Waals surface area contributed by atoms with Crippen molar-refractivity contribution in [2.75, 3.05) is 0 Å². The van der Waals surface area contributed by atoms with Gasteiger partial charge in [0.05, 0.1) is 4.21 Å². The van der Waals surface area contributed by atoms with E-state index in [0.717, 1.165) is 10.5 Å². The molecule has 0 spiro atoms. The second-order valence-electron chi connectivity index (χ2n) is 4.29. The summed E-state index contributed by atoms with van der Waals surface area (Å²) in [5, 5.41) is 5.31. The van der Waals surface area contributed by atoms with Crippen LogP contribution in [0.1, 0.15) is 19.4 Å². The molecule has 0 aliphatic rings. The number of hydrogen-bond acceptors (Lipinski definition) is 3. The van der Waals surface area contributed by atoms with E-state index in [1.807, 2.05) is 17.5 Å². The third kappa shape index (κ3) is 3.57. The minimum atomic E-state index is -0.135. The zero-order valence-corrected chi connectivity index (χ0v) is 12.1. The van der Waals surface area contributed by atoms with Crippen LogP contribution in [0.3, 0.4) is 0 Å². The van der Waals surface area contributed by atoms with Crippen LogP contribution >= 0.6 is 23.1 Å². The summed E-state index contributed by atoms with van der Waals surface area (Å²) in [6, 6.07) is 9.69. The highest BCUT2D eigenvalue weighted by molar-refractivity contribution is 8.01. The molecular formula is C14H16FNS2. The van der Waals surface area contributed by atoms with E-state index in [0.29, 0.717) is 12.6 Å². The van der Waals surface area contributed by atoms with Gasteiger partial charge in [-0.15, -0.1) is 11.3 Å². The first-order chi connectivity index (χ1) is 8.66. The maximum absolute atomic E-state index is 13.9. The molecule has 1 nitrogen and oxygen atoms in total. The molecule has 0 fully saturated rings. The molecule has 1 heterocycles. The summed E-state index contributed by atoms with van der Waals surface area (Å²) in [5.74, 6) is -0.135. The Morgan fingerprint density at radius 2 is 2.11 bits per heavy atom. The Labute approximate surface area is 115 Å². The van der Waals surface area contributed by atoms with Crippen LogP contribution in [0, 0.1) is 5.82 Å². The van der Waals surface area contributed by atoms with Gasteiger partial charge in [-0.3, -0.25) is 0 Å². The van der Waals surface area contributed by atoms with E-state index in [2.05, 4.69) is 25.2 Å². The van der Waals surface area contributed by atoms with Crippen molar-refractivity contribution in [2.45, 2.75) is 35.5 Å². The molecule has 2 rings (SSSR count). The molecule has 1 aromatic carbocycles. The predicted molar refractivity (Wildman–Crippen MR) is 76.8 cm³/mol. The first-order valence-electron chi connectivity index (χ1n) is 5.89. The van der Waals surface area contributed by atoms with Gasteiger partial charge in [-0.2, -0.15) is 0 Å². The van der Waals surface area contributed by atoms with Gasteiger partial charge >= 0.3 is 0 Å². The first-order valence-corrected chi connectivity index (χ1v) is 7.58. The Hall–Kier alpha value is -0.840. The first kappa shape index (κ1) is 13.6. The third-order valence-corrected chi connectivity index (χ3v) is 4.61.